The molecule has 2 atom stereocenters. The molecule has 194 valence electrons. The third-order valence-corrected chi connectivity index (χ3v) is 6.49. The Bertz CT molecular complexity index is 1120. The Morgan fingerprint density at radius 1 is 1.00 bits per heavy atom. The largest absolute Gasteiger partial charge is 0.444 e. The molecule has 0 aromatic heterocycles. The van der Waals surface area contributed by atoms with Crippen LogP contribution in [-0.4, -0.2) is 40.5 Å². The van der Waals surface area contributed by atoms with Gasteiger partial charge < -0.3 is 20.3 Å². The van der Waals surface area contributed by atoms with Crippen molar-refractivity contribution in [3.8, 4) is 0 Å². The van der Waals surface area contributed by atoms with Crippen LogP contribution in [0.25, 0.3) is 0 Å². The fourth-order valence-corrected chi connectivity index (χ4v) is 4.34. The van der Waals surface area contributed by atoms with E-state index in [2.05, 4.69) is 10.6 Å². The number of alkyl carbamates (subject to hydrolysis) is 1. The highest BCUT2D eigenvalue weighted by molar-refractivity contribution is 5.99. The molecule has 1 aliphatic carbocycles. The van der Waals surface area contributed by atoms with Crippen LogP contribution in [0.1, 0.15) is 75.3 Å². The van der Waals surface area contributed by atoms with Gasteiger partial charge in [0, 0.05) is 11.7 Å². The summed E-state index contributed by atoms with van der Waals surface area (Å²) in [5.74, 6) is -0.584. The van der Waals surface area contributed by atoms with E-state index in [0.717, 1.165) is 41.5 Å². The van der Waals surface area contributed by atoms with Gasteiger partial charge in [-0.15, -0.1) is 0 Å². The van der Waals surface area contributed by atoms with Crippen molar-refractivity contribution in [2.45, 2.75) is 91.5 Å². The lowest BCUT2D eigenvalue weighted by Crippen LogP contribution is -2.56. The zero-order valence-corrected chi connectivity index (χ0v) is 22.5. The maximum absolute atomic E-state index is 13.9. The number of hydrogen-bond acceptors (Lipinski definition) is 4. The molecule has 2 aromatic rings. The summed E-state index contributed by atoms with van der Waals surface area (Å²) in [6.45, 7) is 12.8. The molecule has 2 N–H and O–H groups in total. The maximum atomic E-state index is 13.9. The van der Waals surface area contributed by atoms with E-state index in [4.69, 9.17) is 4.74 Å². The van der Waals surface area contributed by atoms with Gasteiger partial charge in [-0.3, -0.25) is 9.59 Å². The first-order valence-corrected chi connectivity index (χ1v) is 12.6. The van der Waals surface area contributed by atoms with E-state index in [1.807, 2.05) is 63.2 Å². The monoisotopic (exact) mass is 493 g/mol. The normalized spacial score (nSPS) is 15.3. The van der Waals surface area contributed by atoms with Gasteiger partial charge in [0.05, 0.1) is 0 Å². The molecule has 36 heavy (non-hydrogen) atoms. The van der Waals surface area contributed by atoms with Gasteiger partial charge in [0.2, 0.25) is 5.91 Å². The number of benzene rings is 2. The third-order valence-electron chi connectivity index (χ3n) is 6.49. The standard InChI is InChI=1S/C29H39N3O4/c1-18-15-16-19(2)23(17-18)25(26(33)31-24-14-9-8-11-20(24)3)32(22-12-10-13-22)27(34)21(4)30-28(35)36-29(5,6)7/h8-9,11,14-17,21-22,25H,10,12-13H2,1-7H3,(H,30,35)(H,31,33). The zero-order valence-electron chi connectivity index (χ0n) is 22.5. The van der Waals surface area contributed by atoms with E-state index < -0.39 is 23.8 Å². The van der Waals surface area contributed by atoms with Crippen LogP contribution in [0, 0.1) is 20.8 Å². The summed E-state index contributed by atoms with van der Waals surface area (Å²) in [7, 11) is 0. The van der Waals surface area contributed by atoms with Crippen molar-refractivity contribution in [2.24, 2.45) is 0 Å². The van der Waals surface area contributed by atoms with Gasteiger partial charge in [-0.05, 0) is 90.5 Å². The summed E-state index contributed by atoms with van der Waals surface area (Å²) in [5, 5.41) is 5.73. The minimum absolute atomic E-state index is 0.0899. The molecule has 0 saturated heterocycles. The van der Waals surface area contributed by atoms with Crippen LogP contribution in [-0.2, 0) is 14.3 Å². The van der Waals surface area contributed by atoms with E-state index in [9.17, 15) is 14.4 Å². The number of aryl methyl sites for hydroxylation is 3. The molecule has 0 aliphatic heterocycles. The lowest BCUT2D eigenvalue weighted by Gasteiger charge is -2.43. The zero-order chi connectivity index (χ0) is 26.6. The first-order valence-electron chi connectivity index (χ1n) is 12.6. The van der Waals surface area contributed by atoms with Crippen molar-refractivity contribution >= 4 is 23.6 Å². The molecule has 3 rings (SSSR count). The van der Waals surface area contributed by atoms with Gasteiger partial charge in [0.1, 0.15) is 17.7 Å². The van der Waals surface area contributed by atoms with Gasteiger partial charge >= 0.3 is 6.09 Å². The Morgan fingerprint density at radius 2 is 1.67 bits per heavy atom. The number of hydrogen-bond donors (Lipinski definition) is 2. The van der Waals surface area contributed by atoms with E-state index in [1.165, 1.54) is 0 Å². The highest BCUT2D eigenvalue weighted by atomic mass is 16.6. The Hall–Kier alpha value is -3.35. The SMILES string of the molecule is Cc1ccc(C)c(C(C(=O)Nc2ccccc2C)N(C(=O)C(C)NC(=O)OC(C)(C)C)C2CCC2)c1. The summed E-state index contributed by atoms with van der Waals surface area (Å²) in [4.78, 5) is 41.9. The number of nitrogens with zero attached hydrogens (tertiary/aromatic N) is 1. The molecule has 0 radical (unpaired) electrons. The lowest BCUT2D eigenvalue weighted by molar-refractivity contribution is -0.145. The number of ether oxygens (including phenoxy) is 1. The summed E-state index contributed by atoms with van der Waals surface area (Å²) in [5.41, 5.74) is 3.67. The van der Waals surface area contributed by atoms with Crippen LogP contribution in [0.4, 0.5) is 10.5 Å². The first kappa shape index (κ1) is 27.2. The molecule has 2 aromatic carbocycles. The van der Waals surface area contributed by atoms with Gasteiger partial charge in [0.25, 0.3) is 5.91 Å². The number of para-hydroxylation sites is 1. The Labute approximate surface area is 214 Å². The van der Waals surface area contributed by atoms with Crippen molar-refractivity contribution in [3.05, 3.63) is 64.7 Å². The van der Waals surface area contributed by atoms with Crippen LogP contribution in [0.5, 0.6) is 0 Å². The minimum atomic E-state index is -0.862. The van der Waals surface area contributed by atoms with Crippen LogP contribution in [0.2, 0.25) is 0 Å². The number of amides is 3. The number of anilines is 1. The van der Waals surface area contributed by atoms with Crippen molar-refractivity contribution in [1.82, 2.24) is 10.2 Å². The second kappa shape index (κ2) is 11.1. The molecule has 1 aliphatic rings. The highest BCUT2D eigenvalue weighted by Crippen LogP contribution is 2.36. The molecule has 0 spiro atoms. The molecule has 7 heteroatoms. The summed E-state index contributed by atoms with van der Waals surface area (Å²) >= 11 is 0. The second-order valence-corrected chi connectivity index (χ2v) is 10.8. The molecular weight excluding hydrogens is 454 g/mol. The van der Waals surface area contributed by atoms with Crippen LogP contribution in [0.3, 0.4) is 0 Å². The van der Waals surface area contributed by atoms with Crippen LogP contribution in [0.15, 0.2) is 42.5 Å². The van der Waals surface area contributed by atoms with Crippen LogP contribution < -0.4 is 10.6 Å². The predicted octanol–water partition coefficient (Wildman–Crippen LogP) is 5.59. The summed E-state index contributed by atoms with van der Waals surface area (Å²) in [6.07, 6.45) is 1.94. The molecule has 3 amide bonds. The topological polar surface area (TPSA) is 87.7 Å². The van der Waals surface area contributed by atoms with Crippen molar-refractivity contribution < 1.29 is 19.1 Å². The molecular formula is C29H39N3O4. The third kappa shape index (κ3) is 6.65. The number of carbonyl (C=O) groups excluding carboxylic acids is 3. The van der Waals surface area contributed by atoms with E-state index in [0.29, 0.717) is 5.69 Å². The van der Waals surface area contributed by atoms with Gasteiger partial charge in [0.15, 0.2) is 0 Å². The molecule has 0 bridgehead atoms. The molecule has 7 nitrogen and oxygen atoms in total. The Kier molecular flexibility index (Phi) is 8.43. The Morgan fingerprint density at radius 3 is 2.25 bits per heavy atom. The fourth-order valence-electron chi connectivity index (χ4n) is 4.34. The Balaban J connectivity index is 2.00. The molecule has 1 saturated carbocycles. The second-order valence-electron chi connectivity index (χ2n) is 10.8. The highest BCUT2D eigenvalue weighted by Gasteiger charge is 2.41. The molecule has 1 fully saturated rings. The number of carbonyl (C=O) groups is 3. The number of rotatable bonds is 7. The number of nitrogens with one attached hydrogen (secondary N) is 2. The van der Waals surface area contributed by atoms with Gasteiger partial charge in [-0.2, -0.15) is 0 Å². The van der Waals surface area contributed by atoms with Crippen molar-refractivity contribution in [2.75, 3.05) is 5.32 Å². The van der Waals surface area contributed by atoms with Crippen molar-refractivity contribution in [1.29, 1.82) is 0 Å². The van der Waals surface area contributed by atoms with Crippen molar-refractivity contribution in [3.63, 3.8) is 0 Å². The van der Waals surface area contributed by atoms with Crippen LogP contribution >= 0.6 is 0 Å². The van der Waals surface area contributed by atoms with E-state index in [1.54, 1.807) is 32.6 Å². The first-order chi connectivity index (χ1) is 16.9. The smallest absolute Gasteiger partial charge is 0.408 e. The van der Waals surface area contributed by atoms with E-state index in [-0.39, 0.29) is 17.9 Å². The fraction of sp³-hybridized carbons (Fsp3) is 0.483. The maximum Gasteiger partial charge on any atom is 0.408 e. The summed E-state index contributed by atoms with van der Waals surface area (Å²) < 4.78 is 5.36. The molecule has 2 unspecified atom stereocenters. The molecule has 0 heterocycles. The average molecular weight is 494 g/mol. The van der Waals surface area contributed by atoms with E-state index >= 15 is 0 Å². The van der Waals surface area contributed by atoms with Gasteiger partial charge in [-0.25, -0.2) is 4.79 Å². The average Bonchev–Trinajstić information content (AvgIpc) is 2.74. The van der Waals surface area contributed by atoms with Gasteiger partial charge in [-0.1, -0.05) is 42.0 Å². The quantitative estimate of drug-likeness (QED) is 0.527. The summed E-state index contributed by atoms with van der Waals surface area (Å²) in [6, 6.07) is 11.7. The minimum Gasteiger partial charge on any atom is -0.444 e. The lowest BCUT2D eigenvalue weighted by atomic mass is 9.87. The predicted molar refractivity (Wildman–Crippen MR) is 142 cm³/mol.